The van der Waals surface area contributed by atoms with Crippen LogP contribution in [-0.4, -0.2) is 48.0 Å². The number of hydrogen-bond donors (Lipinski definition) is 1. The van der Waals surface area contributed by atoms with Gasteiger partial charge in [0, 0.05) is 25.7 Å². The lowest BCUT2D eigenvalue weighted by molar-refractivity contribution is 0.0159. The predicted molar refractivity (Wildman–Crippen MR) is 87.6 cm³/mol. The summed E-state index contributed by atoms with van der Waals surface area (Å²) in [6.45, 7) is 5.12. The Kier molecular flexibility index (Phi) is 8.05. The molecule has 21 heavy (non-hydrogen) atoms. The first kappa shape index (κ1) is 17.2. The Labute approximate surface area is 131 Å². The lowest BCUT2D eigenvalue weighted by Gasteiger charge is -2.35. The molecule has 0 spiro atoms. The van der Waals surface area contributed by atoms with Crippen LogP contribution in [0.3, 0.4) is 0 Å². The molecule has 1 saturated carbocycles. The van der Waals surface area contributed by atoms with Crippen LogP contribution in [0, 0.1) is 0 Å². The maximum Gasteiger partial charge on any atom is 0.0695 e. The van der Waals surface area contributed by atoms with Crippen LogP contribution in [0.2, 0.25) is 0 Å². The molecule has 1 N–H and O–H groups in total. The highest BCUT2D eigenvalue weighted by Gasteiger charge is 2.28. The van der Waals surface area contributed by atoms with Crippen LogP contribution in [-0.2, 0) is 4.74 Å². The van der Waals surface area contributed by atoms with E-state index in [0.717, 1.165) is 39.0 Å². The molecule has 2 aliphatic rings. The molecule has 3 nitrogen and oxygen atoms in total. The van der Waals surface area contributed by atoms with Crippen molar-refractivity contribution in [2.75, 3.05) is 19.7 Å². The van der Waals surface area contributed by atoms with Crippen LogP contribution in [0.15, 0.2) is 0 Å². The second-order valence-electron chi connectivity index (χ2n) is 7.07. The fourth-order valence-corrected chi connectivity index (χ4v) is 3.91. The van der Waals surface area contributed by atoms with E-state index >= 15 is 0 Å². The third kappa shape index (κ3) is 6.25. The lowest BCUT2D eigenvalue weighted by Crippen LogP contribution is -2.46. The van der Waals surface area contributed by atoms with Gasteiger partial charge in [0.15, 0.2) is 0 Å². The van der Waals surface area contributed by atoms with E-state index in [-0.39, 0.29) is 6.10 Å². The Balaban J connectivity index is 1.93. The van der Waals surface area contributed by atoms with Crippen LogP contribution in [0.1, 0.15) is 77.6 Å². The Bertz CT molecular complexity index is 272. The van der Waals surface area contributed by atoms with Gasteiger partial charge in [-0.15, -0.1) is 0 Å². The minimum Gasteiger partial charge on any atom is -0.391 e. The smallest absolute Gasteiger partial charge is 0.0695 e. The van der Waals surface area contributed by atoms with Gasteiger partial charge < -0.3 is 9.84 Å². The number of nitrogens with zero attached hydrogens (tertiary/aromatic N) is 1. The number of aliphatic hydroxyl groups is 1. The molecule has 0 aromatic heterocycles. The monoisotopic (exact) mass is 297 g/mol. The molecule has 3 atom stereocenters. The lowest BCUT2D eigenvalue weighted by atomic mass is 9.94. The Hall–Kier alpha value is -0.120. The van der Waals surface area contributed by atoms with Gasteiger partial charge in [-0.2, -0.15) is 0 Å². The first-order valence-electron chi connectivity index (χ1n) is 9.31. The fourth-order valence-electron chi connectivity index (χ4n) is 3.91. The Morgan fingerprint density at radius 1 is 0.857 bits per heavy atom. The largest absolute Gasteiger partial charge is 0.391 e. The van der Waals surface area contributed by atoms with E-state index in [1.165, 1.54) is 51.4 Å². The summed E-state index contributed by atoms with van der Waals surface area (Å²) in [7, 11) is 0. The van der Waals surface area contributed by atoms with Gasteiger partial charge in [0.25, 0.3) is 0 Å². The van der Waals surface area contributed by atoms with Crippen molar-refractivity contribution in [1.29, 1.82) is 0 Å². The number of rotatable bonds is 1. The predicted octanol–water partition coefficient (Wildman–Crippen LogP) is 3.74. The molecule has 1 aliphatic heterocycles. The molecule has 0 aromatic rings. The van der Waals surface area contributed by atoms with Gasteiger partial charge in [-0.3, -0.25) is 4.90 Å². The zero-order chi connectivity index (χ0) is 14.9. The molecule has 0 aromatic carbocycles. The topological polar surface area (TPSA) is 32.7 Å². The van der Waals surface area contributed by atoms with Crippen LogP contribution in [0.25, 0.3) is 0 Å². The number of hydrogen-bond acceptors (Lipinski definition) is 3. The molecule has 3 unspecified atom stereocenters. The Morgan fingerprint density at radius 2 is 1.48 bits per heavy atom. The van der Waals surface area contributed by atoms with Gasteiger partial charge in [-0.05, 0) is 26.2 Å². The van der Waals surface area contributed by atoms with Crippen molar-refractivity contribution in [3.8, 4) is 0 Å². The SMILES string of the molecule is CC1CN(C2CCCCCCCCCCC2O)CCCO1. The average Bonchev–Trinajstić information content (AvgIpc) is 2.67. The minimum atomic E-state index is -0.144. The van der Waals surface area contributed by atoms with Gasteiger partial charge in [-0.1, -0.05) is 51.4 Å². The summed E-state index contributed by atoms with van der Waals surface area (Å²) in [4.78, 5) is 2.52. The van der Waals surface area contributed by atoms with E-state index in [1.54, 1.807) is 0 Å². The van der Waals surface area contributed by atoms with E-state index in [1.807, 2.05) is 0 Å². The third-order valence-corrected chi connectivity index (χ3v) is 5.15. The van der Waals surface area contributed by atoms with Gasteiger partial charge in [0.05, 0.1) is 12.2 Å². The molecular formula is C18H35NO2. The van der Waals surface area contributed by atoms with Crippen molar-refractivity contribution in [1.82, 2.24) is 4.90 Å². The fraction of sp³-hybridized carbons (Fsp3) is 1.00. The summed E-state index contributed by atoms with van der Waals surface area (Å²) in [6, 6.07) is 0.355. The third-order valence-electron chi connectivity index (χ3n) is 5.15. The normalized spacial score (nSPS) is 35.4. The quantitative estimate of drug-likeness (QED) is 0.800. The van der Waals surface area contributed by atoms with Crippen molar-refractivity contribution in [2.24, 2.45) is 0 Å². The highest BCUT2D eigenvalue weighted by Crippen LogP contribution is 2.22. The summed E-state index contributed by atoms with van der Waals surface area (Å²) in [5.41, 5.74) is 0. The summed E-state index contributed by atoms with van der Waals surface area (Å²) in [6.07, 6.45) is 14.0. The van der Waals surface area contributed by atoms with Crippen LogP contribution in [0.4, 0.5) is 0 Å². The second kappa shape index (κ2) is 9.81. The van der Waals surface area contributed by atoms with Crippen LogP contribution in [0.5, 0.6) is 0 Å². The van der Waals surface area contributed by atoms with Gasteiger partial charge in [0.2, 0.25) is 0 Å². The summed E-state index contributed by atoms with van der Waals surface area (Å²) in [5, 5.41) is 10.7. The van der Waals surface area contributed by atoms with E-state index in [4.69, 9.17) is 4.74 Å². The first-order valence-corrected chi connectivity index (χ1v) is 9.31. The van der Waals surface area contributed by atoms with Gasteiger partial charge >= 0.3 is 0 Å². The first-order chi connectivity index (χ1) is 10.3. The van der Waals surface area contributed by atoms with E-state index in [9.17, 15) is 5.11 Å². The molecule has 0 bridgehead atoms. The molecule has 1 aliphatic carbocycles. The Morgan fingerprint density at radius 3 is 2.19 bits per heavy atom. The molecular weight excluding hydrogens is 262 g/mol. The van der Waals surface area contributed by atoms with Crippen molar-refractivity contribution < 1.29 is 9.84 Å². The highest BCUT2D eigenvalue weighted by atomic mass is 16.5. The number of aliphatic hydroxyl groups excluding tert-OH is 1. The van der Waals surface area contributed by atoms with E-state index < -0.39 is 0 Å². The van der Waals surface area contributed by atoms with Crippen molar-refractivity contribution >= 4 is 0 Å². The molecule has 1 heterocycles. The average molecular weight is 297 g/mol. The molecule has 0 radical (unpaired) electrons. The second-order valence-corrected chi connectivity index (χ2v) is 7.07. The standard InChI is InChI=1S/C18H35NO2/c1-16-15-19(13-10-14-21-16)17-11-8-6-4-2-3-5-7-9-12-18(17)20/h16-18,20H,2-15H2,1H3. The molecule has 1 saturated heterocycles. The van der Waals surface area contributed by atoms with Crippen molar-refractivity contribution in [3.63, 3.8) is 0 Å². The molecule has 2 rings (SSSR count). The maximum atomic E-state index is 10.7. The van der Waals surface area contributed by atoms with E-state index in [2.05, 4.69) is 11.8 Å². The summed E-state index contributed by atoms with van der Waals surface area (Å²) >= 11 is 0. The molecule has 3 heteroatoms. The van der Waals surface area contributed by atoms with Crippen molar-refractivity contribution in [2.45, 2.75) is 95.8 Å². The van der Waals surface area contributed by atoms with Crippen LogP contribution >= 0.6 is 0 Å². The van der Waals surface area contributed by atoms with Crippen LogP contribution < -0.4 is 0 Å². The molecule has 2 fully saturated rings. The zero-order valence-electron chi connectivity index (χ0n) is 13.9. The maximum absolute atomic E-state index is 10.7. The van der Waals surface area contributed by atoms with E-state index in [0.29, 0.717) is 12.1 Å². The number of ether oxygens (including phenoxy) is 1. The molecule has 124 valence electrons. The van der Waals surface area contributed by atoms with Gasteiger partial charge in [-0.25, -0.2) is 0 Å². The highest BCUT2D eigenvalue weighted by molar-refractivity contribution is 4.82. The zero-order valence-corrected chi connectivity index (χ0v) is 13.9. The summed E-state index contributed by atoms with van der Waals surface area (Å²) < 4.78 is 5.77. The summed E-state index contributed by atoms with van der Waals surface area (Å²) in [5.74, 6) is 0. The van der Waals surface area contributed by atoms with Crippen molar-refractivity contribution in [3.05, 3.63) is 0 Å². The van der Waals surface area contributed by atoms with Gasteiger partial charge in [0.1, 0.15) is 0 Å². The minimum absolute atomic E-state index is 0.144. The molecule has 0 amide bonds.